The standard InChI is InChI=1S/C18H11F3N4O2/c19-18(20,21)17-23-15(25-27-17)12-6-8-13(9-7-12)16-22-14(24-26-16)10-11-4-2-1-3-5-11/h1-9H,10H2. The van der Waals surface area contributed by atoms with Gasteiger partial charge in [0.15, 0.2) is 5.82 Å². The van der Waals surface area contributed by atoms with Crippen molar-refractivity contribution < 1.29 is 22.2 Å². The highest BCUT2D eigenvalue weighted by molar-refractivity contribution is 5.62. The van der Waals surface area contributed by atoms with E-state index in [1.54, 1.807) is 24.3 Å². The summed E-state index contributed by atoms with van der Waals surface area (Å²) in [5, 5.41) is 7.30. The van der Waals surface area contributed by atoms with Gasteiger partial charge in [0.05, 0.1) is 0 Å². The fourth-order valence-corrected chi connectivity index (χ4v) is 2.44. The van der Waals surface area contributed by atoms with Gasteiger partial charge >= 0.3 is 12.1 Å². The molecule has 0 amide bonds. The number of halogens is 3. The van der Waals surface area contributed by atoms with E-state index in [9.17, 15) is 13.2 Å². The lowest BCUT2D eigenvalue weighted by molar-refractivity contribution is -0.159. The van der Waals surface area contributed by atoms with Crippen molar-refractivity contribution in [2.75, 3.05) is 0 Å². The average molecular weight is 372 g/mol. The van der Waals surface area contributed by atoms with Crippen LogP contribution >= 0.6 is 0 Å². The quantitative estimate of drug-likeness (QED) is 0.528. The van der Waals surface area contributed by atoms with Crippen molar-refractivity contribution in [3.05, 3.63) is 71.9 Å². The van der Waals surface area contributed by atoms with Crippen molar-refractivity contribution in [2.24, 2.45) is 0 Å². The third kappa shape index (κ3) is 3.71. The third-order valence-corrected chi connectivity index (χ3v) is 3.73. The highest BCUT2D eigenvalue weighted by atomic mass is 19.4. The number of rotatable bonds is 4. The van der Waals surface area contributed by atoms with Crippen LogP contribution in [0.1, 0.15) is 17.3 Å². The Morgan fingerprint density at radius 1 is 0.778 bits per heavy atom. The normalized spacial score (nSPS) is 11.7. The molecular formula is C18H11F3N4O2. The van der Waals surface area contributed by atoms with Gasteiger partial charge in [0.1, 0.15) is 0 Å². The predicted octanol–water partition coefficient (Wildman–Crippen LogP) is 4.40. The van der Waals surface area contributed by atoms with Crippen LogP contribution in [-0.4, -0.2) is 20.3 Å². The van der Waals surface area contributed by atoms with Gasteiger partial charge in [-0.2, -0.15) is 23.1 Å². The van der Waals surface area contributed by atoms with Crippen LogP contribution < -0.4 is 0 Å². The zero-order valence-electron chi connectivity index (χ0n) is 13.6. The van der Waals surface area contributed by atoms with Crippen LogP contribution in [0.5, 0.6) is 0 Å². The summed E-state index contributed by atoms with van der Waals surface area (Å²) < 4.78 is 47.1. The van der Waals surface area contributed by atoms with Gasteiger partial charge in [0.25, 0.3) is 5.89 Å². The summed E-state index contributed by atoms with van der Waals surface area (Å²) >= 11 is 0. The number of hydrogen-bond donors (Lipinski definition) is 0. The van der Waals surface area contributed by atoms with Crippen LogP contribution in [-0.2, 0) is 12.6 Å². The SMILES string of the molecule is FC(F)(F)c1nc(-c2ccc(-c3nc(Cc4ccccc4)no3)cc2)no1. The maximum Gasteiger partial charge on any atom is 0.471 e. The summed E-state index contributed by atoms with van der Waals surface area (Å²) in [4.78, 5) is 7.69. The Morgan fingerprint density at radius 2 is 1.48 bits per heavy atom. The molecule has 0 aliphatic heterocycles. The smallest absolute Gasteiger partial charge is 0.334 e. The monoisotopic (exact) mass is 372 g/mol. The van der Waals surface area contributed by atoms with Crippen molar-refractivity contribution in [1.29, 1.82) is 0 Å². The highest BCUT2D eigenvalue weighted by Crippen LogP contribution is 2.30. The molecule has 4 rings (SSSR count). The summed E-state index contributed by atoms with van der Waals surface area (Å²) in [6.45, 7) is 0. The number of hydrogen-bond acceptors (Lipinski definition) is 6. The molecule has 0 aliphatic carbocycles. The molecule has 0 unspecified atom stereocenters. The van der Waals surface area contributed by atoms with Crippen molar-refractivity contribution in [1.82, 2.24) is 20.3 Å². The molecule has 2 aromatic carbocycles. The van der Waals surface area contributed by atoms with E-state index in [-0.39, 0.29) is 5.82 Å². The molecular weight excluding hydrogens is 361 g/mol. The third-order valence-electron chi connectivity index (χ3n) is 3.73. The van der Waals surface area contributed by atoms with Gasteiger partial charge in [-0.05, 0) is 17.7 Å². The molecule has 0 atom stereocenters. The largest absolute Gasteiger partial charge is 0.471 e. The summed E-state index contributed by atoms with van der Waals surface area (Å²) in [5.74, 6) is -0.682. The lowest BCUT2D eigenvalue weighted by Gasteiger charge is -1.97. The lowest BCUT2D eigenvalue weighted by Crippen LogP contribution is -2.04. The number of alkyl halides is 3. The second kappa shape index (κ2) is 6.67. The molecule has 136 valence electrons. The molecule has 0 radical (unpaired) electrons. The first-order valence-corrected chi connectivity index (χ1v) is 7.87. The molecule has 0 N–H and O–H groups in total. The van der Waals surface area contributed by atoms with E-state index >= 15 is 0 Å². The van der Waals surface area contributed by atoms with Crippen molar-refractivity contribution >= 4 is 0 Å². The zero-order valence-corrected chi connectivity index (χ0v) is 13.6. The topological polar surface area (TPSA) is 77.8 Å². The second-order valence-electron chi connectivity index (χ2n) is 5.68. The molecule has 6 nitrogen and oxygen atoms in total. The molecule has 4 aromatic rings. The molecule has 0 saturated carbocycles. The maximum atomic E-state index is 12.5. The molecule has 9 heteroatoms. The van der Waals surface area contributed by atoms with E-state index < -0.39 is 12.1 Å². The Hall–Kier alpha value is -3.49. The van der Waals surface area contributed by atoms with Crippen LogP contribution in [0.25, 0.3) is 22.8 Å². The predicted molar refractivity (Wildman–Crippen MR) is 87.3 cm³/mol. The van der Waals surface area contributed by atoms with Crippen LogP contribution in [0.3, 0.4) is 0 Å². The molecule has 0 aliphatic rings. The highest BCUT2D eigenvalue weighted by Gasteiger charge is 2.38. The Labute approximate surface area is 150 Å². The second-order valence-corrected chi connectivity index (χ2v) is 5.68. The van der Waals surface area contributed by atoms with Gasteiger partial charge in [-0.3, -0.25) is 0 Å². The Balaban J connectivity index is 1.52. The van der Waals surface area contributed by atoms with E-state index in [0.717, 1.165) is 5.56 Å². The minimum atomic E-state index is -4.68. The Kier molecular flexibility index (Phi) is 4.19. The Bertz CT molecular complexity index is 1040. The summed E-state index contributed by atoms with van der Waals surface area (Å²) in [6, 6.07) is 16.1. The molecule has 0 bridgehead atoms. The first-order valence-electron chi connectivity index (χ1n) is 7.87. The molecule has 0 fully saturated rings. The maximum absolute atomic E-state index is 12.5. The van der Waals surface area contributed by atoms with Gasteiger partial charge < -0.3 is 9.05 Å². The van der Waals surface area contributed by atoms with E-state index in [1.807, 2.05) is 30.3 Å². The number of nitrogens with zero attached hydrogens (tertiary/aromatic N) is 4. The van der Waals surface area contributed by atoms with Crippen molar-refractivity contribution in [2.45, 2.75) is 12.6 Å². The zero-order chi connectivity index (χ0) is 18.9. The summed E-state index contributed by atoms with van der Waals surface area (Å²) in [7, 11) is 0. The van der Waals surface area contributed by atoms with Crippen LogP contribution in [0, 0.1) is 0 Å². The van der Waals surface area contributed by atoms with Crippen LogP contribution in [0.4, 0.5) is 13.2 Å². The molecule has 2 aromatic heterocycles. The van der Waals surface area contributed by atoms with Gasteiger partial charge in [-0.1, -0.05) is 52.8 Å². The minimum absolute atomic E-state index is 0.149. The van der Waals surface area contributed by atoms with Crippen LogP contribution in [0.15, 0.2) is 63.6 Å². The Morgan fingerprint density at radius 3 is 2.15 bits per heavy atom. The van der Waals surface area contributed by atoms with Gasteiger partial charge in [-0.25, -0.2) is 0 Å². The fourth-order valence-electron chi connectivity index (χ4n) is 2.44. The first-order chi connectivity index (χ1) is 13.0. The first kappa shape index (κ1) is 17.0. The minimum Gasteiger partial charge on any atom is -0.334 e. The van der Waals surface area contributed by atoms with Crippen LogP contribution in [0.2, 0.25) is 0 Å². The number of aromatic nitrogens is 4. The van der Waals surface area contributed by atoms with E-state index in [4.69, 9.17) is 4.52 Å². The van der Waals surface area contributed by atoms with Gasteiger partial charge in [-0.15, -0.1) is 0 Å². The fraction of sp³-hybridized carbons (Fsp3) is 0.111. The summed E-state index contributed by atoms with van der Waals surface area (Å²) in [5.41, 5.74) is 2.06. The van der Waals surface area contributed by atoms with Crippen molar-refractivity contribution in [3.63, 3.8) is 0 Å². The lowest BCUT2D eigenvalue weighted by atomic mass is 10.1. The molecule has 27 heavy (non-hydrogen) atoms. The number of benzene rings is 2. The molecule has 0 spiro atoms. The summed E-state index contributed by atoms with van der Waals surface area (Å²) in [6.07, 6.45) is -4.14. The van der Waals surface area contributed by atoms with E-state index in [1.165, 1.54) is 0 Å². The van der Waals surface area contributed by atoms with Gasteiger partial charge in [0.2, 0.25) is 5.82 Å². The van der Waals surface area contributed by atoms with Gasteiger partial charge in [0, 0.05) is 17.5 Å². The van der Waals surface area contributed by atoms with Crippen molar-refractivity contribution in [3.8, 4) is 22.8 Å². The van der Waals surface area contributed by atoms with E-state index in [2.05, 4.69) is 24.8 Å². The van der Waals surface area contributed by atoms with E-state index in [0.29, 0.717) is 29.3 Å². The average Bonchev–Trinajstić information content (AvgIpc) is 3.32. The molecule has 0 saturated heterocycles. The molecule has 2 heterocycles.